The highest BCUT2D eigenvalue weighted by Gasteiger charge is 2.23. The number of carbonyl (C=O) groups excluding carboxylic acids is 1. The Morgan fingerprint density at radius 3 is 2.79 bits per heavy atom. The summed E-state index contributed by atoms with van der Waals surface area (Å²) in [5.74, 6) is -1.08. The maximum Gasteiger partial charge on any atom is 0.315 e. The second-order valence-electron chi connectivity index (χ2n) is 6.31. The van der Waals surface area contributed by atoms with Crippen LogP contribution >= 0.6 is 0 Å². The summed E-state index contributed by atoms with van der Waals surface area (Å²) in [6.07, 6.45) is 2.18. The van der Waals surface area contributed by atoms with Crippen LogP contribution in [-0.4, -0.2) is 47.8 Å². The van der Waals surface area contributed by atoms with Crippen molar-refractivity contribution in [3.8, 4) is 0 Å². The van der Waals surface area contributed by atoms with Gasteiger partial charge in [-0.15, -0.1) is 0 Å². The van der Waals surface area contributed by atoms with Gasteiger partial charge in [0.15, 0.2) is 0 Å². The first kappa shape index (κ1) is 18.6. The molecule has 1 saturated heterocycles. The SMILES string of the molecule is CC(CCO)NC(=O)NC1CCCN(Cc2c(F)cccc2F)C1. The molecule has 2 atom stereocenters. The van der Waals surface area contributed by atoms with Crippen LogP contribution in [0.2, 0.25) is 0 Å². The number of rotatable bonds is 6. The van der Waals surface area contributed by atoms with E-state index in [0.29, 0.717) is 13.0 Å². The van der Waals surface area contributed by atoms with Crippen LogP contribution in [0.15, 0.2) is 18.2 Å². The van der Waals surface area contributed by atoms with Crippen molar-refractivity contribution < 1.29 is 18.7 Å². The first-order valence-corrected chi connectivity index (χ1v) is 8.32. The van der Waals surface area contributed by atoms with E-state index in [1.165, 1.54) is 18.2 Å². The van der Waals surface area contributed by atoms with Crippen molar-refractivity contribution in [3.63, 3.8) is 0 Å². The second kappa shape index (κ2) is 8.94. The zero-order valence-electron chi connectivity index (χ0n) is 13.9. The number of likely N-dealkylation sites (tertiary alicyclic amines) is 1. The Kier molecular flexibility index (Phi) is 6.93. The molecule has 1 heterocycles. The van der Waals surface area contributed by atoms with Crippen LogP contribution in [0.4, 0.5) is 13.6 Å². The van der Waals surface area contributed by atoms with Gasteiger partial charge in [-0.25, -0.2) is 13.6 Å². The fraction of sp³-hybridized carbons (Fsp3) is 0.588. The average molecular weight is 341 g/mol. The largest absolute Gasteiger partial charge is 0.396 e. The first-order chi connectivity index (χ1) is 11.5. The fourth-order valence-electron chi connectivity index (χ4n) is 2.94. The van der Waals surface area contributed by atoms with E-state index < -0.39 is 11.6 Å². The van der Waals surface area contributed by atoms with Crippen molar-refractivity contribution in [1.29, 1.82) is 0 Å². The number of piperidine rings is 1. The average Bonchev–Trinajstić information content (AvgIpc) is 2.51. The summed E-state index contributed by atoms with van der Waals surface area (Å²) < 4.78 is 27.5. The van der Waals surface area contributed by atoms with E-state index in [4.69, 9.17) is 5.11 Å². The molecule has 7 heteroatoms. The minimum atomic E-state index is -0.541. The number of benzene rings is 1. The third kappa shape index (κ3) is 5.42. The number of hydrogen-bond donors (Lipinski definition) is 3. The van der Waals surface area contributed by atoms with Crippen molar-refractivity contribution in [2.45, 2.75) is 44.8 Å². The van der Waals surface area contributed by atoms with Gasteiger partial charge in [-0.05, 0) is 44.9 Å². The minimum absolute atomic E-state index is 0.0207. The molecule has 1 aromatic rings. The number of halogens is 2. The van der Waals surface area contributed by atoms with Gasteiger partial charge in [0, 0.05) is 37.3 Å². The van der Waals surface area contributed by atoms with Gasteiger partial charge in [-0.3, -0.25) is 4.90 Å². The molecule has 24 heavy (non-hydrogen) atoms. The molecule has 2 amide bonds. The Morgan fingerprint density at radius 1 is 1.42 bits per heavy atom. The maximum absolute atomic E-state index is 13.8. The lowest BCUT2D eigenvalue weighted by atomic mass is 10.0. The van der Waals surface area contributed by atoms with Crippen LogP contribution in [0.25, 0.3) is 0 Å². The van der Waals surface area contributed by atoms with Gasteiger partial charge in [-0.2, -0.15) is 0 Å². The zero-order chi connectivity index (χ0) is 17.5. The van der Waals surface area contributed by atoms with Gasteiger partial charge in [-0.1, -0.05) is 6.07 Å². The lowest BCUT2D eigenvalue weighted by Crippen LogP contribution is -2.51. The number of urea groups is 1. The van der Waals surface area contributed by atoms with Crippen LogP contribution in [0.3, 0.4) is 0 Å². The molecule has 3 N–H and O–H groups in total. The molecule has 134 valence electrons. The van der Waals surface area contributed by atoms with Crippen LogP contribution < -0.4 is 10.6 Å². The highest BCUT2D eigenvalue weighted by atomic mass is 19.1. The third-order valence-electron chi connectivity index (χ3n) is 4.22. The summed E-state index contributed by atoms with van der Waals surface area (Å²) in [7, 11) is 0. The Bertz CT molecular complexity index is 536. The summed E-state index contributed by atoms with van der Waals surface area (Å²) in [6, 6.07) is 3.42. The molecule has 2 unspecified atom stereocenters. The van der Waals surface area contributed by atoms with Crippen molar-refractivity contribution in [2.24, 2.45) is 0 Å². The molecule has 2 rings (SSSR count). The topological polar surface area (TPSA) is 64.6 Å². The van der Waals surface area contributed by atoms with E-state index in [-0.39, 0.29) is 36.8 Å². The van der Waals surface area contributed by atoms with Gasteiger partial charge >= 0.3 is 6.03 Å². The van der Waals surface area contributed by atoms with Crippen molar-refractivity contribution >= 4 is 6.03 Å². The van der Waals surface area contributed by atoms with Crippen LogP contribution in [0.5, 0.6) is 0 Å². The smallest absolute Gasteiger partial charge is 0.315 e. The van der Waals surface area contributed by atoms with Crippen molar-refractivity contribution in [1.82, 2.24) is 15.5 Å². The molecular formula is C17H25F2N3O2. The number of aliphatic hydroxyl groups is 1. The molecular weight excluding hydrogens is 316 g/mol. The van der Waals surface area contributed by atoms with E-state index in [1.54, 1.807) is 0 Å². The molecule has 0 radical (unpaired) electrons. The highest BCUT2D eigenvalue weighted by molar-refractivity contribution is 5.74. The minimum Gasteiger partial charge on any atom is -0.396 e. The van der Waals surface area contributed by atoms with Gasteiger partial charge in [0.1, 0.15) is 11.6 Å². The van der Waals surface area contributed by atoms with Crippen molar-refractivity contribution in [2.75, 3.05) is 19.7 Å². The van der Waals surface area contributed by atoms with Gasteiger partial charge < -0.3 is 15.7 Å². The predicted octanol–water partition coefficient (Wildman–Crippen LogP) is 2.00. The lowest BCUT2D eigenvalue weighted by Gasteiger charge is -2.33. The number of nitrogens with zero attached hydrogens (tertiary/aromatic N) is 1. The molecule has 1 aliphatic heterocycles. The van der Waals surface area contributed by atoms with E-state index in [0.717, 1.165) is 19.4 Å². The number of amides is 2. The Balaban J connectivity index is 1.86. The molecule has 0 aliphatic carbocycles. The van der Waals surface area contributed by atoms with E-state index in [1.807, 2.05) is 11.8 Å². The predicted molar refractivity (Wildman–Crippen MR) is 87.5 cm³/mol. The highest BCUT2D eigenvalue weighted by Crippen LogP contribution is 2.18. The Morgan fingerprint density at radius 2 is 2.12 bits per heavy atom. The number of aliphatic hydroxyl groups excluding tert-OH is 1. The molecule has 5 nitrogen and oxygen atoms in total. The third-order valence-corrected chi connectivity index (χ3v) is 4.22. The summed E-state index contributed by atoms with van der Waals surface area (Å²) in [6.45, 7) is 3.33. The summed E-state index contributed by atoms with van der Waals surface area (Å²) in [4.78, 5) is 13.9. The number of hydrogen-bond acceptors (Lipinski definition) is 3. The number of nitrogens with one attached hydrogen (secondary N) is 2. The van der Waals surface area contributed by atoms with Gasteiger partial charge in [0.25, 0.3) is 0 Å². The summed E-state index contributed by atoms with van der Waals surface area (Å²) >= 11 is 0. The van der Waals surface area contributed by atoms with Gasteiger partial charge in [0.05, 0.1) is 0 Å². The summed E-state index contributed by atoms with van der Waals surface area (Å²) in [5.41, 5.74) is 0.0687. The van der Waals surface area contributed by atoms with E-state index >= 15 is 0 Å². The Labute approximate surface area is 141 Å². The molecule has 0 spiro atoms. The molecule has 0 bridgehead atoms. The number of carbonyl (C=O) groups is 1. The molecule has 0 aromatic heterocycles. The van der Waals surface area contributed by atoms with Crippen LogP contribution in [0.1, 0.15) is 31.7 Å². The summed E-state index contributed by atoms with van der Waals surface area (Å²) in [5, 5.41) is 14.5. The van der Waals surface area contributed by atoms with E-state index in [9.17, 15) is 13.6 Å². The zero-order valence-corrected chi connectivity index (χ0v) is 13.9. The molecule has 1 fully saturated rings. The molecule has 1 aliphatic rings. The quantitative estimate of drug-likeness (QED) is 0.741. The second-order valence-corrected chi connectivity index (χ2v) is 6.31. The van der Waals surface area contributed by atoms with Crippen molar-refractivity contribution in [3.05, 3.63) is 35.4 Å². The lowest BCUT2D eigenvalue weighted by molar-refractivity contribution is 0.175. The fourth-order valence-corrected chi connectivity index (χ4v) is 2.94. The first-order valence-electron chi connectivity index (χ1n) is 8.32. The Hall–Kier alpha value is -1.73. The molecule has 0 saturated carbocycles. The van der Waals surface area contributed by atoms with Crippen LogP contribution in [0, 0.1) is 11.6 Å². The normalized spacial score (nSPS) is 19.8. The standard InChI is InChI=1S/C17H25F2N3O2/c1-12(7-9-23)20-17(24)21-13-4-3-8-22(10-13)11-14-15(18)5-2-6-16(14)19/h2,5-6,12-13,23H,3-4,7-11H2,1H3,(H2,20,21,24). The monoisotopic (exact) mass is 341 g/mol. The maximum atomic E-state index is 13.8. The van der Waals surface area contributed by atoms with Gasteiger partial charge in [0.2, 0.25) is 0 Å². The van der Waals surface area contributed by atoms with Crippen LogP contribution in [-0.2, 0) is 6.54 Å². The molecule has 1 aromatic carbocycles. The van der Waals surface area contributed by atoms with E-state index in [2.05, 4.69) is 10.6 Å².